The maximum absolute atomic E-state index is 12.8. The number of barbiturate groups is 1. The van der Waals surface area contributed by atoms with Gasteiger partial charge in [-0.1, -0.05) is 24.1 Å². The van der Waals surface area contributed by atoms with E-state index in [1.165, 1.54) is 4.90 Å². The lowest BCUT2D eigenvalue weighted by atomic mass is 9.92. The van der Waals surface area contributed by atoms with E-state index >= 15 is 0 Å². The number of hydrogen-bond donors (Lipinski definition) is 2. The lowest BCUT2D eigenvalue weighted by Crippen LogP contribution is -2.62. The quantitative estimate of drug-likeness (QED) is 0.468. The highest BCUT2D eigenvalue weighted by atomic mass is 16.2. The van der Waals surface area contributed by atoms with Gasteiger partial charge in [0, 0.05) is 17.8 Å². The van der Waals surface area contributed by atoms with Crippen LogP contribution in [0, 0.1) is 24.7 Å². The number of amides is 5. The molecule has 4 rings (SSSR count). The molecule has 146 valence electrons. The maximum Gasteiger partial charge on any atom is 0.331 e. The van der Waals surface area contributed by atoms with Crippen molar-refractivity contribution in [3.8, 4) is 0 Å². The number of urea groups is 1. The molecular weight excluding hydrogens is 360 g/mol. The van der Waals surface area contributed by atoms with Crippen LogP contribution in [0.15, 0.2) is 29.4 Å². The summed E-state index contributed by atoms with van der Waals surface area (Å²) in [5, 5.41) is 6.03. The summed E-state index contributed by atoms with van der Waals surface area (Å²) >= 11 is 0. The van der Waals surface area contributed by atoms with Crippen molar-refractivity contribution >= 4 is 30.0 Å². The molecule has 1 aromatic rings. The van der Waals surface area contributed by atoms with Gasteiger partial charge in [-0.05, 0) is 50.2 Å². The number of aryl methyl sites for hydroxylation is 1. The van der Waals surface area contributed by atoms with E-state index in [0.717, 1.165) is 37.5 Å². The Bertz CT molecular complexity index is 863. The number of rotatable bonds is 4. The Morgan fingerprint density at radius 1 is 1.18 bits per heavy atom. The molecule has 0 radical (unpaired) electrons. The van der Waals surface area contributed by atoms with E-state index in [-0.39, 0.29) is 6.04 Å². The van der Waals surface area contributed by atoms with Crippen LogP contribution in [-0.4, -0.2) is 40.9 Å². The lowest BCUT2D eigenvalue weighted by Gasteiger charge is -2.36. The summed E-state index contributed by atoms with van der Waals surface area (Å²) in [6.45, 7) is 1.91. The molecule has 2 N–H and O–H groups in total. The molecule has 1 aromatic carbocycles. The summed E-state index contributed by atoms with van der Waals surface area (Å²) in [4.78, 5) is 50.5. The second-order valence-corrected chi connectivity index (χ2v) is 7.81. The van der Waals surface area contributed by atoms with Crippen molar-refractivity contribution in [2.75, 3.05) is 0 Å². The highest BCUT2D eigenvalue weighted by molar-refractivity contribution is 6.23. The summed E-state index contributed by atoms with van der Waals surface area (Å²) in [5.74, 6) is -2.10. The first-order chi connectivity index (χ1) is 13.4. The highest BCUT2D eigenvalue weighted by Gasteiger charge is 2.50. The number of fused-ring (bicyclic) bond motifs is 2. The fourth-order valence-electron chi connectivity index (χ4n) is 4.52. The van der Waals surface area contributed by atoms with Crippen molar-refractivity contribution in [1.29, 1.82) is 0 Å². The Hall–Kier alpha value is -3.03. The zero-order chi connectivity index (χ0) is 19.8. The van der Waals surface area contributed by atoms with Crippen molar-refractivity contribution in [2.45, 2.75) is 38.6 Å². The van der Waals surface area contributed by atoms with Crippen LogP contribution >= 0.6 is 0 Å². The van der Waals surface area contributed by atoms with Crippen molar-refractivity contribution in [1.82, 2.24) is 15.6 Å². The van der Waals surface area contributed by atoms with Crippen LogP contribution in [-0.2, 0) is 9.59 Å². The third kappa shape index (κ3) is 3.30. The lowest BCUT2D eigenvalue weighted by molar-refractivity contribution is -0.141. The molecule has 1 heterocycles. The van der Waals surface area contributed by atoms with Gasteiger partial charge in [-0.3, -0.25) is 24.6 Å². The van der Waals surface area contributed by atoms with Gasteiger partial charge in [-0.15, -0.1) is 0 Å². The SMILES string of the molecule is Cc1ccc(C(=O)NN=CC2C(=O)NC(=O)N(C3CC4CCC3C4)C2=O)cc1. The summed E-state index contributed by atoms with van der Waals surface area (Å²) in [6.07, 6.45) is 5.06. The second-order valence-electron chi connectivity index (χ2n) is 7.81. The van der Waals surface area contributed by atoms with Crippen molar-refractivity contribution in [2.24, 2.45) is 22.9 Å². The molecule has 2 bridgehead atoms. The summed E-state index contributed by atoms with van der Waals surface area (Å²) in [6, 6.07) is 6.12. The first kappa shape index (κ1) is 18.3. The molecule has 1 saturated heterocycles. The first-order valence-corrected chi connectivity index (χ1v) is 9.52. The highest BCUT2D eigenvalue weighted by Crippen LogP contribution is 2.47. The van der Waals surface area contributed by atoms with Crippen LogP contribution in [0.2, 0.25) is 0 Å². The van der Waals surface area contributed by atoms with Gasteiger partial charge in [0.2, 0.25) is 11.8 Å². The van der Waals surface area contributed by atoms with E-state index in [1.807, 2.05) is 6.92 Å². The molecule has 3 aliphatic rings. The number of benzene rings is 1. The van der Waals surface area contributed by atoms with Gasteiger partial charge in [0.25, 0.3) is 5.91 Å². The average Bonchev–Trinajstić information content (AvgIpc) is 3.28. The molecule has 1 aliphatic heterocycles. The van der Waals surface area contributed by atoms with Gasteiger partial charge in [0.05, 0.1) is 0 Å². The minimum atomic E-state index is -1.23. The van der Waals surface area contributed by atoms with Crippen LogP contribution in [0.1, 0.15) is 41.6 Å². The molecule has 2 saturated carbocycles. The van der Waals surface area contributed by atoms with E-state index in [1.54, 1.807) is 24.3 Å². The Morgan fingerprint density at radius 3 is 2.57 bits per heavy atom. The predicted octanol–water partition coefficient (Wildman–Crippen LogP) is 1.59. The van der Waals surface area contributed by atoms with E-state index in [4.69, 9.17) is 0 Å². The normalized spacial score (nSPS) is 29.5. The zero-order valence-electron chi connectivity index (χ0n) is 15.6. The van der Waals surface area contributed by atoms with Crippen LogP contribution in [0.5, 0.6) is 0 Å². The molecule has 28 heavy (non-hydrogen) atoms. The minimum absolute atomic E-state index is 0.155. The number of hydrogen-bond acceptors (Lipinski definition) is 5. The number of imide groups is 2. The molecule has 4 unspecified atom stereocenters. The molecule has 3 fully saturated rings. The molecule has 5 amide bonds. The van der Waals surface area contributed by atoms with Crippen LogP contribution < -0.4 is 10.7 Å². The van der Waals surface area contributed by atoms with Crippen LogP contribution in [0.3, 0.4) is 0 Å². The monoisotopic (exact) mass is 382 g/mol. The van der Waals surface area contributed by atoms with E-state index in [2.05, 4.69) is 15.8 Å². The molecule has 8 nitrogen and oxygen atoms in total. The molecule has 2 aliphatic carbocycles. The van der Waals surface area contributed by atoms with Crippen LogP contribution in [0.25, 0.3) is 0 Å². The second kappa shape index (κ2) is 7.18. The van der Waals surface area contributed by atoms with E-state index in [9.17, 15) is 19.2 Å². The predicted molar refractivity (Wildman–Crippen MR) is 100 cm³/mol. The fraction of sp³-hybridized carbons (Fsp3) is 0.450. The fourth-order valence-corrected chi connectivity index (χ4v) is 4.52. The number of nitrogens with one attached hydrogen (secondary N) is 2. The van der Waals surface area contributed by atoms with Crippen molar-refractivity contribution in [3.63, 3.8) is 0 Å². The van der Waals surface area contributed by atoms with E-state index in [0.29, 0.717) is 17.4 Å². The van der Waals surface area contributed by atoms with Gasteiger partial charge in [-0.2, -0.15) is 5.10 Å². The number of nitrogens with zero attached hydrogens (tertiary/aromatic N) is 2. The Morgan fingerprint density at radius 2 is 1.93 bits per heavy atom. The summed E-state index contributed by atoms with van der Waals surface area (Å²) in [7, 11) is 0. The largest absolute Gasteiger partial charge is 0.331 e. The molecule has 0 aromatic heterocycles. The number of hydrazone groups is 1. The van der Waals surface area contributed by atoms with E-state index < -0.39 is 29.7 Å². The van der Waals surface area contributed by atoms with Gasteiger partial charge in [0.15, 0.2) is 5.92 Å². The standard InChI is InChI=1S/C20H22N4O4/c1-11-2-5-13(6-3-11)17(25)23-21-10-15-18(26)22-20(28)24(19(15)27)16-9-12-4-7-14(16)8-12/h2-3,5-6,10,12,14-16H,4,7-9H2,1H3,(H,23,25)(H,22,26,28). The Balaban J connectivity index is 1.44. The maximum atomic E-state index is 12.8. The third-order valence-electron chi connectivity index (χ3n) is 5.97. The van der Waals surface area contributed by atoms with Gasteiger partial charge in [-0.25, -0.2) is 10.2 Å². The summed E-state index contributed by atoms with van der Waals surface area (Å²) in [5.41, 5.74) is 3.76. The Labute approximate surface area is 162 Å². The smallest absolute Gasteiger partial charge is 0.277 e. The number of carbonyl (C=O) groups is 4. The molecule has 4 atom stereocenters. The number of carbonyl (C=O) groups excluding carboxylic acids is 4. The summed E-state index contributed by atoms with van der Waals surface area (Å²) < 4.78 is 0. The van der Waals surface area contributed by atoms with Crippen molar-refractivity contribution < 1.29 is 19.2 Å². The topological polar surface area (TPSA) is 108 Å². The van der Waals surface area contributed by atoms with Crippen molar-refractivity contribution in [3.05, 3.63) is 35.4 Å². The third-order valence-corrected chi connectivity index (χ3v) is 5.97. The van der Waals surface area contributed by atoms with Gasteiger partial charge >= 0.3 is 6.03 Å². The van der Waals surface area contributed by atoms with Gasteiger partial charge in [0.1, 0.15) is 0 Å². The average molecular weight is 382 g/mol. The first-order valence-electron chi connectivity index (χ1n) is 9.52. The minimum Gasteiger partial charge on any atom is -0.277 e. The molecule has 8 heteroatoms. The molecular formula is C20H22N4O4. The Kier molecular flexibility index (Phi) is 4.70. The molecule has 0 spiro atoms. The van der Waals surface area contributed by atoms with Gasteiger partial charge < -0.3 is 0 Å². The van der Waals surface area contributed by atoms with Crippen LogP contribution in [0.4, 0.5) is 4.79 Å². The zero-order valence-corrected chi connectivity index (χ0v) is 15.6.